The summed E-state index contributed by atoms with van der Waals surface area (Å²) in [5.41, 5.74) is 0.454. The van der Waals surface area contributed by atoms with E-state index in [1.165, 1.54) is 12.8 Å². The summed E-state index contributed by atoms with van der Waals surface area (Å²) in [4.78, 5) is 14.9. The van der Waals surface area contributed by atoms with Crippen LogP contribution in [0, 0.1) is 10.8 Å². The molecule has 122 valence electrons. The van der Waals surface area contributed by atoms with Crippen molar-refractivity contribution in [1.29, 1.82) is 5.41 Å². The maximum atomic E-state index is 11.1. The lowest BCUT2D eigenvalue weighted by molar-refractivity contribution is -0.105. The van der Waals surface area contributed by atoms with E-state index in [2.05, 4.69) is 39.2 Å². The molecule has 0 aliphatic heterocycles. The number of nitrogens with one attached hydrogen (secondary N) is 1. The first-order valence-corrected chi connectivity index (χ1v) is 7.80. The fourth-order valence-electron chi connectivity index (χ4n) is 2.18. The van der Waals surface area contributed by atoms with Gasteiger partial charge >= 0.3 is 0 Å². The number of hydrogen-bond acceptors (Lipinski definition) is 3. The topological polar surface area (TPSA) is 47.4 Å². The number of carbonyl (C=O) groups is 1. The van der Waals surface area contributed by atoms with Gasteiger partial charge in [0.25, 0.3) is 0 Å². The SMILES string of the molecule is C=C(C=O)N(CC(C)N(C)C)C(=N)CC(C)(C)CCCC. The van der Waals surface area contributed by atoms with Crippen LogP contribution in [-0.4, -0.2) is 48.6 Å². The van der Waals surface area contributed by atoms with Gasteiger partial charge in [-0.15, -0.1) is 0 Å². The molecule has 21 heavy (non-hydrogen) atoms. The number of likely N-dealkylation sites (N-methyl/N-ethyl adjacent to an activating group) is 1. The Morgan fingerprint density at radius 2 is 1.95 bits per heavy atom. The molecule has 0 aromatic heterocycles. The Kier molecular flexibility index (Phi) is 8.48. The van der Waals surface area contributed by atoms with Gasteiger partial charge in [0.1, 0.15) is 5.84 Å². The number of carbonyl (C=O) groups excluding carboxylic acids is 1. The highest BCUT2D eigenvalue weighted by molar-refractivity contribution is 5.87. The van der Waals surface area contributed by atoms with Crippen LogP contribution >= 0.6 is 0 Å². The van der Waals surface area contributed by atoms with E-state index < -0.39 is 0 Å². The van der Waals surface area contributed by atoms with Crippen LogP contribution < -0.4 is 0 Å². The molecule has 0 aromatic rings. The summed E-state index contributed by atoms with van der Waals surface area (Å²) in [5.74, 6) is 0.488. The molecule has 0 spiro atoms. The van der Waals surface area contributed by atoms with Crippen molar-refractivity contribution in [2.24, 2.45) is 5.41 Å². The lowest BCUT2D eigenvalue weighted by Gasteiger charge is -2.34. The summed E-state index contributed by atoms with van der Waals surface area (Å²) >= 11 is 0. The first-order valence-electron chi connectivity index (χ1n) is 7.80. The van der Waals surface area contributed by atoms with Gasteiger partial charge in [-0.05, 0) is 32.9 Å². The first kappa shape index (κ1) is 19.8. The Hall–Kier alpha value is -1.16. The zero-order valence-corrected chi connectivity index (χ0v) is 14.7. The summed E-state index contributed by atoms with van der Waals surface area (Å²) in [5, 5.41) is 8.39. The van der Waals surface area contributed by atoms with Gasteiger partial charge in [0.2, 0.25) is 0 Å². The molecular weight excluding hydrogens is 262 g/mol. The maximum absolute atomic E-state index is 11.1. The van der Waals surface area contributed by atoms with E-state index in [0.717, 1.165) is 12.7 Å². The first-order chi connectivity index (χ1) is 9.64. The molecule has 0 aromatic carbocycles. The van der Waals surface area contributed by atoms with Gasteiger partial charge in [0, 0.05) is 19.0 Å². The second-order valence-corrected chi connectivity index (χ2v) is 6.92. The van der Waals surface area contributed by atoms with Crippen molar-refractivity contribution in [3.63, 3.8) is 0 Å². The third-order valence-electron chi connectivity index (χ3n) is 3.99. The van der Waals surface area contributed by atoms with Crippen molar-refractivity contribution in [1.82, 2.24) is 9.80 Å². The van der Waals surface area contributed by atoms with Gasteiger partial charge in [-0.25, -0.2) is 0 Å². The average molecular weight is 295 g/mol. The molecule has 0 saturated carbocycles. The van der Waals surface area contributed by atoms with Crippen LogP contribution in [0.25, 0.3) is 0 Å². The minimum Gasteiger partial charge on any atom is -0.327 e. The fourth-order valence-corrected chi connectivity index (χ4v) is 2.18. The third-order valence-corrected chi connectivity index (χ3v) is 3.99. The highest BCUT2D eigenvalue weighted by Crippen LogP contribution is 2.29. The number of nitrogens with zero attached hydrogens (tertiary/aromatic N) is 2. The Balaban J connectivity index is 4.88. The van der Waals surface area contributed by atoms with E-state index in [1.807, 2.05) is 14.1 Å². The number of aldehydes is 1. The molecule has 0 bridgehead atoms. The van der Waals surface area contributed by atoms with Crippen LogP contribution in [0.1, 0.15) is 53.4 Å². The molecule has 0 aliphatic rings. The van der Waals surface area contributed by atoms with E-state index in [4.69, 9.17) is 5.41 Å². The highest BCUT2D eigenvalue weighted by atomic mass is 16.1. The van der Waals surface area contributed by atoms with Crippen LogP contribution in [-0.2, 0) is 4.79 Å². The summed E-state index contributed by atoms with van der Waals surface area (Å²) in [6.07, 6.45) is 4.84. The van der Waals surface area contributed by atoms with Crippen LogP contribution in [0.15, 0.2) is 12.3 Å². The summed E-state index contributed by atoms with van der Waals surface area (Å²) in [7, 11) is 4.00. The highest BCUT2D eigenvalue weighted by Gasteiger charge is 2.24. The number of rotatable bonds is 10. The molecule has 1 unspecified atom stereocenters. The van der Waals surface area contributed by atoms with Crippen molar-refractivity contribution in [3.05, 3.63) is 12.3 Å². The summed E-state index contributed by atoms with van der Waals surface area (Å²) in [6, 6.07) is 0.251. The smallest absolute Gasteiger partial charge is 0.165 e. The maximum Gasteiger partial charge on any atom is 0.165 e. The van der Waals surface area contributed by atoms with E-state index in [9.17, 15) is 4.79 Å². The number of hydrogen-bond donors (Lipinski definition) is 1. The molecule has 0 aliphatic carbocycles. The van der Waals surface area contributed by atoms with Gasteiger partial charge < -0.3 is 9.80 Å². The Bertz CT molecular complexity index is 361. The molecule has 4 heteroatoms. The molecule has 1 N–H and O–H groups in total. The van der Waals surface area contributed by atoms with Crippen molar-refractivity contribution in [2.75, 3.05) is 20.6 Å². The molecule has 0 fully saturated rings. The summed E-state index contributed by atoms with van der Waals surface area (Å²) in [6.45, 7) is 13.1. The van der Waals surface area contributed by atoms with Gasteiger partial charge in [0.15, 0.2) is 6.29 Å². The lowest BCUT2D eigenvalue weighted by Crippen LogP contribution is -2.42. The second kappa shape index (κ2) is 8.98. The van der Waals surface area contributed by atoms with E-state index >= 15 is 0 Å². The Morgan fingerprint density at radius 1 is 1.38 bits per heavy atom. The second-order valence-electron chi connectivity index (χ2n) is 6.92. The van der Waals surface area contributed by atoms with Crippen LogP contribution in [0.5, 0.6) is 0 Å². The molecule has 4 nitrogen and oxygen atoms in total. The molecule has 0 radical (unpaired) electrons. The number of amidine groups is 1. The normalized spacial score (nSPS) is 13.1. The zero-order valence-electron chi connectivity index (χ0n) is 14.7. The standard InChI is InChI=1S/C17H33N3O/c1-8-9-10-17(4,5)11-16(18)20(15(3)13-21)12-14(2)19(6)7/h13-14,18H,3,8-12H2,1-2,4-7H3. The lowest BCUT2D eigenvalue weighted by atomic mass is 9.83. The van der Waals surface area contributed by atoms with Crippen molar-refractivity contribution in [2.45, 2.75) is 59.4 Å². The largest absolute Gasteiger partial charge is 0.327 e. The predicted molar refractivity (Wildman–Crippen MR) is 90.7 cm³/mol. The minimum absolute atomic E-state index is 0.0792. The number of unbranched alkanes of at least 4 members (excludes halogenated alkanes) is 1. The average Bonchev–Trinajstić information content (AvgIpc) is 2.40. The van der Waals surface area contributed by atoms with E-state index in [0.29, 0.717) is 24.5 Å². The Labute approximate surface area is 130 Å². The molecule has 0 rings (SSSR count). The molecule has 1 atom stereocenters. The quantitative estimate of drug-likeness (QED) is 0.290. The van der Waals surface area contributed by atoms with E-state index in [1.54, 1.807) is 4.90 Å². The monoisotopic (exact) mass is 295 g/mol. The van der Waals surface area contributed by atoms with Crippen LogP contribution in [0.3, 0.4) is 0 Å². The van der Waals surface area contributed by atoms with Crippen molar-refractivity contribution < 1.29 is 4.79 Å². The Morgan fingerprint density at radius 3 is 2.38 bits per heavy atom. The summed E-state index contributed by atoms with van der Waals surface area (Å²) < 4.78 is 0. The number of allylic oxidation sites excluding steroid dienone is 1. The third kappa shape index (κ3) is 7.42. The van der Waals surface area contributed by atoms with Gasteiger partial charge in [-0.3, -0.25) is 10.2 Å². The molecule has 0 amide bonds. The molecule has 0 saturated heterocycles. The molecule has 0 heterocycles. The van der Waals surface area contributed by atoms with Crippen LogP contribution in [0.4, 0.5) is 0 Å². The van der Waals surface area contributed by atoms with Gasteiger partial charge in [-0.2, -0.15) is 0 Å². The van der Waals surface area contributed by atoms with Gasteiger partial charge in [0.05, 0.1) is 5.70 Å². The minimum atomic E-state index is 0.0792. The zero-order chi connectivity index (χ0) is 16.6. The predicted octanol–water partition coefficient (Wildman–Crippen LogP) is 3.53. The van der Waals surface area contributed by atoms with Crippen molar-refractivity contribution in [3.8, 4) is 0 Å². The molecular formula is C17H33N3O. The van der Waals surface area contributed by atoms with Gasteiger partial charge in [-0.1, -0.05) is 40.2 Å². The van der Waals surface area contributed by atoms with Crippen LogP contribution in [0.2, 0.25) is 0 Å². The fraction of sp³-hybridized carbons (Fsp3) is 0.765. The van der Waals surface area contributed by atoms with Crippen molar-refractivity contribution >= 4 is 12.1 Å². The van der Waals surface area contributed by atoms with E-state index in [-0.39, 0.29) is 11.5 Å².